The van der Waals surface area contributed by atoms with Crippen molar-refractivity contribution in [3.05, 3.63) is 29.6 Å². The molecule has 0 radical (unpaired) electrons. The summed E-state index contributed by atoms with van der Waals surface area (Å²) in [6.07, 6.45) is 3.14. The molecular formula is C13H17N3O2S. The zero-order valence-corrected chi connectivity index (χ0v) is 11.8. The van der Waals surface area contributed by atoms with E-state index in [9.17, 15) is 9.00 Å². The number of amides is 1. The van der Waals surface area contributed by atoms with Crippen molar-refractivity contribution in [1.29, 1.82) is 0 Å². The van der Waals surface area contributed by atoms with Gasteiger partial charge >= 0.3 is 0 Å². The van der Waals surface area contributed by atoms with Gasteiger partial charge in [-0.05, 0) is 19.1 Å². The molecule has 0 aliphatic heterocycles. The Kier molecular flexibility index (Phi) is 6.19. The molecule has 2 atom stereocenters. The van der Waals surface area contributed by atoms with Crippen LogP contribution in [0.5, 0.6) is 0 Å². The Balaban J connectivity index is 2.60. The zero-order valence-electron chi connectivity index (χ0n) is 11.0. The maximum Gasteiger partial charge on any atom is 0.269 e. The first-order valence-corrected chi connectivity index (χ1v) is 7.42. The summed E-state index contributed by atoms with van der Waals surface area (Å²) in [7, 11) is -0.956. The van der Waals surface area contributed by atoms with Crippen LogP contribution in [0.2, 0.25) is 0 Å². The molecule has 0 aliphatic carbocycles. The molecule has 3 N–H and O–H groups in total. The summed E-state index contributed by atoms with van der Waals surface area (Å²) in [5.74, 6) is 5.25. The molecule has 1 aromatic heterocycles. The molecule has 5 nitrogen and oxygen atoms in total. The summed E-state index contributed by atoms with van der Waals surface area (Å²) >= 11 is 0. The first kappa shape index (κ1) is 15.3. The monoisotopic (exact) mass is 279 g/mol. The van der Waals surface area contributed by atoms with Crippen LogP contribution in [0.3, 0.4) is 0 Å². The second kappa shape index (κ2) is 7.67. The lowest BCUT2D eigenvalue weighted by atomic mass is 10.2. The smallest absolute Gasteiger partial charge is 0.269 e. The first-order valence-electron chi connectivity index (χ1n) is 5.80. The second-order valence-electron chi connectivity index (χ2n) is 3.96. The third kappa shape index (κ3) is 5.20. The van der Waals surface area contributed by atoms with E-state index >= 15 is 0 Å². The van der Waals surface area contributed by atoms with Gasteiger partial charge in [0.2, 0.25) is 0 Å². The molecule has 19 heavy (non-hydrogen) atoms. The molecule has 2 unspecified atom stereocenters. The van der Waals surface area contributed by atoms with Crippen LogP contribution in [0, 0.1) is 11.8 Å². The highest BCUT2D eigenvalue weighted by atomic mass is 32.2. The van der Waals surface area contributed by atoms with Crippen LogP contribution in [-0.2, 0) is 10.8 Å². The van der Waals surface area contributed by atoms with Crippen LogP contribution in [0.1, 0.15) is 23.0 Å². The molecule has 0 saturated heterocycles. The highest BCUT2D eigenvalue weighted by Crippen LogP contribution is 1.99. The van der Waals surface area contributed by atoms with Gasteiger partial charge < -0.3 is 11.1 Å². The molecule has 1 heterocycles. The predicted octanol–water partition coefficient (Wildman–Crippen LogP) is -0.111. The minimum absolute atomic E-state index is 0.0846. The summed E-state index contributed by atoms with van der Waals surface area (Å²) in [6.45, 7) is 2.46. The fraction of sp³-hybridized carbons (Fsp3) is 0.385. The molecule has 1 aromatic rings. The van der Waals surface area contributed by atoms with Crippen molar-refractivity contribution in [3.63, 3.8) is 0 Å². The van der Waals surface area contributed by atoms with E-state index < -0.39 is 10.8 Å². The van der Waals surface area contributed by atoms with Gasteiger partial charge in [-0.25, -0.2) is 4.98 Å². The Hall–Kier alpha value is -1.71. The quantitative estimate of drug-likeness (QED) is 0.753. The van der Waals surface area contributed by atoms with Gasteiger partial charge in [-0.2, -0.15) is 0 Å². The molecule has 6 heteroatoms. The van der Waals surface area contributed by atoms with Crippen molar-refractivity contribution in [3.8, 4) is 11.8 Å². The molecule has 102 valence electrons. The summed E-state index contributed by atoms with van der Waals surface area (Å²) in [4.78, 5) is 15.8. The van der Waals surface area contributed by atoms with E-state index in [0.717, 1.165) is 0 Å². The summed E-state index contributed by atoms with van der Waals surface area (Å²) in [6, 6.07) is 3.31. The normalized spacial score (nSPS) is 13.0. The van der Waals surface area contributed by atoms with Crippen molar-refractivity contribution in [1.82, 2.24) is 10.3 Å². The lowest BCUT2D eigenvalue weighted by Crippen LogP contribution is -2.33. The predicted molar refractivity (Wildman–Crippen MR) is 76.0 cm³/mol. The molecule has 0 aliphatic rings. The van der Waals surface area contributed by atoms with Crippen molar-refractivity contribution in [2.24, 2.45) is 5.73 Å². The average molecular weight is 279 g/mol. The number of carbonyl (C=O) groups excluding carboxylic acids is 1. The topological polar surface area (TPSA) is 85.1 Å². The molecule has 0 fully saturated rings. The summed E-state index contributed by atoms with van der Waals surface area (Å²) in [5.41, 5.74) is 6.29. The largest absolute Gasteiger partial charge is 0.350 e. The highest BCUT2D eigenvalue weighted by molar-refractivity contribution is 7.84. The number of aromatic nitrogens is 1. The summed E-state index contributed by atoms with van der Waals surface area (Å²) in [5, 5.41) is 2.61. The molecule has 1 amide bonds. The molecule has 1 rings (SSSR count). The number of hydrogen-bond acceptors (Lipinski definition) is 4. The van der Waals surface area contributed by atoms with Crippen LogP contribution in [0.15, 0.2) is 18.3 Å². The number of nitrogens with two attached hydrogens (primary N) is 1. The van der Waals surface area contributed by atoms with Gasteiger partial charge in [0.1, 0.15) is 5.69 Å². The lowest BCUT2D eigenvalue weighted by Gasteiger charge is -2.09. The van der Waals surface area contributed by atoms with Gasteiger partial charge in [0.15, 0.2) is 0 Å². The van der Waals surface area contributed by atoms with E-state index in [0.29, 0.717) is 17.8 Å². The molecule has 0 bridgehead atoms. The maximum atomic E-state index is 11.8. The highest BCUT2D eigenvalue weighted by Gasteiger charge is 2.10. The van der Waals surface area contributed by atoms with Gasteiger partial charge in [-0.15, -0.1) is 0 Å². The minimum Gasteiger partial charge on any atom is -0.350 e. The van der Waals surface area contributed by atoms with Crippen LogP contribution >= 0.6 is 0 Å². The van der Waals surface area contributed by atoms with Gasteiger partial charge in [0, 0.05) is 40.6 Å². The van der Waals surface area contributed by atoms with E-state index in [1.807, 2.05) is 6.92 Å². The van der Waals surface area contributed by atoms with Crippen molar-refractivity contribution >= 4 is 16.7 Å². The van der Waals surface area contributed by atoms with E-state index in [4.69, 9.17) is 5.73 Å². The van der Waals surface area contributed by atoms with E-state index in [-0.39, 0.29) is 17.7 Å². The molecule has 0 saturated carbocycles. The Labute approximate surface area is 115 Å². The third-order valence-electron chi connectivity index (χ3n) is 2.45. The fourth-order valence-electron chi connectivity index (χ4n) is 1.20. The van der Waals surface area contributed by atoms with Crippen molar-refractivity contribution in [2.75, 3.05) is 19.3 Å². The number of nitrogens with one attached hydrogen (secondary N) is 1. The Morgan fingerprint density at radius 1 is 1.58 bits per heavy atom. The van der Waals surface area contributed by atoms with Gasteiger partial charge in [0.05, 0.1) is 6.54 Å². The number of pyridine rings is 1. The third-order valence-corrected chi connectivity index (χ3v) is 3.75. The Bertz CT molecular complexity index is 517. The number of nitrogens with zero attached hydrogens (tertiary/aromatic N) is 1. The van der Waals surface area contributed by atoms with Crippen molar-refractivity contribution < 1.29 is 9.00 Å². The average Bonchev–Trinajstić information content (AvgIpc) is 2.42. The number of carbonyl (C=O) groups is 1. The standard InChI is InChI=1S/C13H17N3O2S/c1-10(19(2)18)8-16-13(17)12-6-5-11(9-15-12)4-3-7-14/h5-6,9-10H,7-8,14H2,1-2H3,(H,16,17). The molecular weight excluding hydrogens is 262 g/mol. The molecule has 0 spiro atoms. The van der Waals surface area contributed by atoms with Crippen LogP contribution < -0.4 is 11.1 Å². The van der Waals surface area contributed by atoms with E-state index in [1.165, 1.54) is 6.20 Å². The lowest BCUT2D eigenvalue weighted by molar-refractivity contribution is 0.0949. The van der Waals surface area contributed by atoms with Gasteiger partial charge in [0.25, 0.3) is 5.91 Å². The Morgan fingerprint density at radius 2 is 2.32 bits per heavy atom. The van der Waals surface area contributed by atoms with E-state index in [1.54, 1.807) is 18.4 Å². The number of hydrogen-bond donors (Lipinski definition) is 2. The Morgan fingerprint density at radius 3 is 2.84 bits per heavy atom. The first-order chi connectivity index (χ1) is 9.04. The maximum absolute atomic E-state index is 11.8. The summed E-state index contributed by atoms with van der Waals surface area (Å²) < 4.78 is 11.2. The second-order valence-corrected chi connectivity index (χ2v) is 5.76. The van der Waals surface area contributed by atoms with Crippen molar-refractivity contribution in [2.45, 2.75) is 12.2 Å². The SMILES string of the molecule is CC(CNC(=O)c1ccc(C#CCN)cn1)S(C)=O. The fourth-order valence-corrected chi connectivity index (χ4v) is 1.52. The van der Waals surface area contributed by atoms with Crippen LogP contribution in [0.25, 0.3) is 0 Å². The van der Waals surface area contributed by atoms with Gasteiger partial charge in [-0.3, -0.25) is 9.00 Å². The van der Waals surface area contributed by atoms with E-state index in [2.05, 4.69) is 22.1 Å². The zero-order chi connectivity index (χ0) is 14.3. The van der Waals surface area contributed by atoms with Gasteiger partial charge in [-0.1, -0.05) is 11.8 Å². The molecule has 0 aromatic carbocycles. The number of rotatable bonds is 4. The van der Waals surface area contributed by atoms with Crippen LogP contribution in [-0.4, -0.2) is 39.7 Å². The van der Waals surface area contributed by atoms with Crippen LogP contribution in [0.4, 0.5) is 0 Å². The minimum atomic E-state index is -0.956.